The van der Waals surface area contributed by atoms with Crippen LogP contribution in [-0.2, 0) is 0 Å². The number of hydrogen-bond acceptors (Lipinski definition) is 2. The van der Waals surface area contributed by atoms with E-state index in [0.717, 1.165) is 0 Å². The van der Waals surface area contributed by atoms with Gasteiger partial charge < -0.3 is 5.43 Å². The lowest BCUT2D eigenvalue weighted by molar-refractivity contribution is 0.909. The van der Waals surface area contributed by atoms with Crippen LogP contribution in [0.4, 0.5) is 0 Å². The summed E-state index contributed by atoms with van der Waals surface area (Å²) in [6.45, 7) is 3.32. The first kappa shape index (κ1) is 4.47. The summed E-state index contributed by atoms with van der Waals surface area (Å²) < 4.78 is 0. The van der Waals surface area contributed by atoms with E-state index in [1.54, 1.807) is 7.05 Å². The highest BCUT2D eigenvalue weighted by Crippen LogP contribution is 1.40. The average molecular weight is 71.1 g/mol. The van der Waals surface area contributed by atoms with Crippen molar-refractivity contribution in [2.45, 2.75) is 0 Å². The topological polar surface area (TPSA) is 24.4 Å². The van der Waals surface area contributed by atoms with Gasteiger partial charge in [0.05, 0.1) is 0 Å². The molecule has 0 unspecified atom stereocenters. The van der Waals surface area contributed by atoms with Crippen molar-refractivity contribution in [3.63, 3.8) is 0 Å². The number of rotatable bonds is 1. The van der Waals surface area contributed by atoms with E-state index in [1.807, 2.05) is 0 Å². The summed E-state index contributed by atoms with van der Waals surface area (Å²) in [4.78, 5) is 0. The molecule has 0 saturated heterocycles. The third-order valence-electron chi connectivity index (χ3n) is 0.220. The summed E-state index contributed by atoms with van der Waals surface area (Å²) in [7, 11) is 1.72. The molecule has 5 heavy (non-hydrogen) atoms. The van der Waals surface area contributed by atoms with Gasteiger partial charge in [0, 0.05) is 13.3 Å². The Labute approximate surface area is 31.9 Å². The molecule has 0 aromatic carbocycles. The summed E-state index contributed by atoms with van der Waals surface area (Å²) in [6.07, 6.45) is 1.44. The van der Waals surface area contributed by atoms with Gasteiger partial charge in [-0.15, -0.1) is 0 Å². The molecule has 2 heteroatoms. The zero-order valence-corrected chi connectivity index (χ0v) is 3.23. The first-order chi connectivity index (χ1) is 2.41. The van der Waals surface area contributed by atoms with Crippen LogP contribution >= 0.6 is 0 Å². The van der Waals surface area contributed by atoms with Crippen molar-refractivity contribution in [2.24, 2.45) is 5.10 Å². The second kappa shape index (κ2) is 3.47. The summed E-state index contributed by atoms with van der Waals surface area (Å²) in [5, 5.41) is 3.49. The molecule has 0 fully saturated rings. The highest BCUT2D eigenvalue weighted by molar-refractivity contribution is 5.61. The van der Waals surface area contributed by atoms with E-state index in [0.29, 0.717) is 0 Å². The number of nitrogens with zero attached hydrogens (tertiary/aromatic N) is 1. The molecule has 0 aromatic heterocycles. The molecule has 0 aliphatic rings. The zero-order valence-electron chi connectivity index (χ0n) is 3.23. The minimum Gasteiger partial charge on any atom is -0.313 e. The van der Waals surface area contributed by atoms with Crippen molar-refractivity contribution >= 4 is 6.21 Å². The quantitative estimate of drug-likeness (QED) is 0.342. The lowest BCUT2D eigenvalue weighted by Crippen LogP contribution is -1.90. The second-order valence-corrected chi connectivity index (χ2v) is 0.535. The van der Waals surface area contributed by atoms with E-state index in [9.17, 15) is 0 Å². The standard InChI is InChI=1S/C3H7N2/c1-3-5-4-2/h3-4H,1H2,2H3/b5-3+. The van der Waals surface area contributed by atoms with Crippen molar-refractivity contribution in [3.05, 3.63) is 6.92 Å². The molecule has 0 spiro atoms. The molecule has 0 aliphatic heterocycles. The summed E-state index contributed by atoms with van der Waals surface area (Å²) >= 11 is 0. The monoisotopic (exact) mass is 71.1 g/mol. The fourth-order valence-electron chi connectivity index (χ4n) is 0.0913. The number of nitrogens with one attached hydrogen (secondary N) is 1. The molecule has 0 saturated carbocycles. The average Bonchev–Trinajstić information content (AvgIpc) is 1.41. The largest absolute Gasteiger partial charge is 0.313 e. The van der Waals surface area contributed by atoms with Crippen molar-refractivity contribution in [2.75, 3.05) is 7.05 Å². The van der Waals surface area contributed by atoms with Gasteiger partial charge in [-0.05, 0) is 6.92 Å². The predicted octanol–water partition coefficient (Wildman–Crippen LogP) is 0.0257. The van der Waals surface area contributed by atoms with Gasteiger partial charge >= 0.3 is 0 Å². The summed E-state index contributed by atoms with van der Waals surface area (Å²) in [5.41, 5.74) is 2.52. The molecule has 0 bridgehead atoms. The van der Waals surface area contributed by atoms with E-state index in [2.05, 4.69) is 17.5 Å². The molecule has 1 radical (unpaired) electrons. The summed E-state index contributed by atoms with van der Waals surface area (Å²) in [5.74, 6) is 0. The minimum absolute atomic E-state index is 1.44. The van der Waals surface area contributed by atoms with Crippen molar-refractivity contribution < 1.29 is 0 Å². The van der Waals surface area contributed by atoms with Gasteiger partial charge in [-0.3, -0.25) is 0 Å². The third kappa shape index (κ3) is 3.47. The second-order valence-electron chi connectivity index (χ2n) is 0.535. The molecule has 2 nitrogen and oxygen atoms in total. The first-order valence-electron chi connectivity index (χ1n) is 1.39. The highest BCUT2D eigenvalue weighted by Gasteiger charge is 1.44. The summed E-state index contributed by atoms with van der Waals surface area (Å²) in [6, 6.07) is 0. The molecule has 0 amide bonds. The van der Waals surface area contributed by atoms with Crippen molar-refractivity contribution in [1.82, 2.24) is 5.43 Å². The van der Waals surface area contributed by atoms with Crippen LogP contribution in [0.5, 0.6) is 0 Å². The van der Waals surface area contributed by atoms with E-state index in [1.165, 1.54) is 6.21 Å². The van der Waals surface area contributed by atoms with Crippen molar-refractivity contribution in [3.8, 4) is 0 Å². The van der Waals surface area contributed by atoms with Crippen LogP contribution in [0.3, 0.4) is 0 Å². The van der Waals surface area contributed by atoms with E-state index in [4.69, 9.17) is 0 Å². The van der Waals surface area contributed by atoms with Gasteiger partial charge in [0.15, 0.2) is 0 Å². The van der Waals surface area contributed by atoms with Crippen LogP contribution in [-0.4, -0.2) is 13.3 Å². The Balaban J connectivity index is 2.62. The maximum absolute atomic E-state index is 3.49. The Hall–Kier alpha value is -0.530. The normalized spacial score (nSPS) is 9.20. The molecule has 0 heterocycles. The molecule has 0 rings (SSSR count). The molecule has 0 aliphatic carbocycles. The van der Waals surface area contributed by atoms with Crippen LogP contribution in [0.2, 0.25) is 0 Å². The Bertz CT molecular complexity index is 31.9. The Morgan fingerprint density at radius 1 is 2.00 bits per heavy atom. The van der Waals surface area contributed by atoms with Crippen LogP contribution in [0.25, 0.3) is 0 Å². The maximum atomic E-state index is 3.49. The van der Waals surface area contributed by atoms with E-state index >= 15 is 0 Å². The lowest BCUT2D eigenvalue weighted by Gasteiger charge is -1.75. The molecule has 1 N–H and O–H groups in total. The Kier molecular flexibility index (Phi) is 3.10. The van der Waals surface area contributed by atoms with Gasteiger partial charge in [0.2, 0.25) is 0 Å². The fraction of sp³-hybridized carbons (Fsp3) is 0.333. The van der Waals surface area contributed by atoms with E-state index < -0.39 is 0 Å². The highest BCUT2D eigenvalue weighted by atomic mass is 15.2. The molecular weight excluding hydrogens is 64.0 g/mol. The van der Waals surface area contributed by atoms with Crippen LogP contribution in [0.1, 0.15) is 0 Å². The molecule has 0 atom stereocenters. The molecule has 0 aromatic rings. The lowest BCUT2D eigenvalue weighted by atomic mass is 10.9. The Morgan fingerprint density at radius 2 is 2.60 bits per heavy atom. The third-order valence-corrected chi connectivity index (χ3v) is 0.220. The van der Waals surface area contributed by atoms with Gasteiger partial charge in [0.25, 0.3) is 0 Å². The van der Waals surface area contributed by atoms with Gasteiger partial charge in [-0.2, -0.15) is 5.10 Å². The predicted molar refractivity (Wildman–Crippen MR) is 22.9 cm³/mol. The number of hydrazone groups is 1. The SMILES string of the molecule is [CH2]/C=N/NC. The Morgan fingerprint density at radius 3 is 2.60 bits per heavy atom. The van der Waals surface area contributed by atoms with Gasteiger partial charge in [-0.25, -0.2) is 0 Å². The zero-order chi connectivity index (χ0) is 4.12. The molecular formula is C3H7N2. The molecule has 29 valence electrons. The fourth-order valence-corrected chi connectivity index (χ4v) is 0.0913. The minimum atomic E-state index is 1.44. The van der Waals surface area contributed by atoms with Gasteiger partial charge in [0.1, 0.15) is 0 Å². The van der Waals surface area contributed by atoms with Gasteiger partial charge in [-0.1, -0.05) is 0 Å². The maximum Gasteiger partial charge on any atom is 0.0246 e. The van der Waals surface area contributed by atoms with Crippen molar-refractivity contribution in [1.29, 1.82) is 0 Å². The van der Waals surface area contributed by atoms with Crippen LogP contribution < -0.4 is 5.43 Å². The smallest absolute Gasteiger partial charge is 0.0246 e. The van der Waals surface area contributed by atoms with E-state index in [-0.39, 0.29) is 0 Å². The van der Waals surface area contributed by atoms with Crippen LogP contribution in [0, 0.1) is 6.92 Å². The first-order valence-corrected chi connectivity index (χ1v) is 1.39. The van der Waals surface area contributed by atoms with Crippen LogP contribution in [0.15, 0.2) is 5.10 Å². The number of hydrogen-bond donors (Lipinski definition) is 1.